The Morgan fingerprint density at radius 1 is 1.38 bits per heavy atom. The van der Waals surface area contributed by atoms with Gasteiger partial charge in [-0.1, -0.05) is 24.5 Å². The van der Waals surface area contributed by atoms with E-state index in [1.54, 1.807) is 29.4 Å². The molecule has 3 N–H and O–H groups in total. The van der Waals surface area contributed by atoms with E-state index in [1.807, 2.05) is 13.0 Å². The molecular weight excluding hydrogens is 473 g/mol. The summed E-state index contributed by atoms with van der Waals surface area (Å²) in [4.78, 5) is 34.4. The van der Waals surface area contributed by atoms with Crippen molar-refractivity contribution >= 4 is 23.2 Å². The first kappa shape index (κ1) is 24.1. The summed E-state index contributed by atoms with van der Waals surface area (Å²) in [5.41, 5.74) is 3.44. The van der Waals surface area contributed by atoms with Gasteiger partial charge in [0.25, 0.3) is 5.91 Å². The maximum Gasteiger partial charge on any atom is 0.255 e. The Balaban J connectivity index is 1.62. The van der Waals surface area contributed by atoms with Crippen molar-refractivity contribution in [3.8, 4) is 28.8 Å². The van der Waals surface area contributed by atoms with Gasteiger partial charge in [-0.25, -0.2) is 4.39 Å². The van der Waals surface area contributed by atoms with Gasteiger partial charge in [-0.2, -0.15) is 0 Å². The molecule has 2 aliphatic rings. The molecule has 0 spiro atoms. The maximum absolute atomic E-state index is 14.4. The Morgan fingerprint density at radius 2 is 2.22 bits per heavy atom. The lowest BCUT2D eigenvalue weighted by Crippen LogP contribution is -2.59. The van der Waals surface area contributed by atoms with E-state index in [0.29, 0.717) is 53.3 Å². The molecule has 9 heteroatoms. The topological polar surface area (TPSA) is 99.3 Å². The number of amides is 2. The lowest BCUT2D eigenvalue weighted by molar-refractivity contribution is -0.136. The number of carbonyl (C=O) groups is 2. The fourth-order valence-electron chi connectivity index (χ4n) is 4.72. The number of nitrogens with one attached hydrogen (secondary N) is 3. The molecule has 0 bridgehead atoms. The van der Waals surface area contributed by atoms with E-state index in [0.717, 1.165) is 12.1 Å². The van der Waals surface area contributed by atoms with Crippen molar-refractivity contribution in [2.45, 2.75) is 25.3 Å². The van der Waals surface area contributed by atoms with E-state index >= 15 is 0 Å². The molecule has 4 heterocycles. The Morgan fingerprint density at radius 3 is 2.95 bits per heavy atom. The summed E-state index contributed by atoms with van der Waals surface area (Å²) in [6.07, 6.45) is 5.95. The zero-order valence-corrected chi connectivity index (χ0v) is 20.6. The molecule has 1 unspecified atom stereocenters. The number of fused-ring (bicyclic) bond motifs is 1. The van der Waals surface area contributed by atoms with Crippen LogP contribution in [0.1, 0.15) is 35.0 Å². The molecule has 0 aliphatic carbocycles. The highest BCUT2D eigenvalue weighted by Crippen LogP contribution is 2.40. The van der Waals surface area contributed by atoms with Crippen LogP contribution in [0.3, 0.4) is 0 Å². The molecule has 0 radical (unpaired) electrons. The summed E-state index contributed by atoms with van der Waals surface area (Å²) in [5, 5.41) is 6.11. The second-order valence-electron chi connectivity index (χ2n) is 9.07. The lowest BCUT2D eigenvalue weighted by atomic mass is 9.86. The highest BCUT2D eigenvalue weighted by atomic mass is 19.1. The number of likely N-dealkylation sites (tertiary alicyclic amines) is 1. The molecule has 0 saturated carbocycles. The monoisotopic (exact) mass is 499 g/mol. The van der Waals surface area contributed by atoms with Crippen LogP contribution in [0.25, 0.3) is 11.3 Å². The second-order valence-corrected chi connectivity index (χ2v) is 9.07. The third-order valence-corrected chi connectivity index (χ3v) is 6.81. The zero-order chi connectivity index (χ0) is 26.2. The number of aromatic amines is 1. The number of nitrogens with zero attached hydrogens (tertiary/aromatic N) is 2. The summed E-state index contributed by atoms with van der Waals surface area (Å²) in [6.45, 7) is 6.62. The third-order valence-electron chi connectivity index (χ3n) is 6.81. The number of hydrogen-bond donors (Lipinski definition) is 3. The summed E-state index contributed by atoms with van der Waals surface area (Å²) in [7, 11) is 1.39. The molecule has 2 aliphatic heterocycles. The summed E-state index contributed by atoms with van der Waals surface area (Å²) in [5.74, 6) is 5.57. The van der Waals surface area contributed by atoms with Crippen molar-refractivity contribution in [2.24, 2.45) is 0 Å². The average molecular weight is 500 g/mol. The van der Waals surface area contributed by atoms with Crippen molar-refractivity contribution < 1.29 is 18.7 Å². The van der Waals surface area contributed by atoms with Crippen molar-refractivity contribution in [2.75, 3.05) is 25.5 Å². The highest BCUT2D eigenvalue weighted by molar-refractivity contribution is 6.06. The molecule has 5 rings (SSSR count). The summed E-state index contributed by atoms with van der Waals surface area (Å²) >= 11 is 0. The van der Waals surface area contributed by atoms with Crippen LogP contribution in [0.15, 0.2) is 49.3 Å². The fourth-order valence-corrected chi connectivity index (χ4v) is 4.72. The fraction of sp³-hybridized carbons (Fsp3) is 0.250. The standard InChI is InChI=1S/C28H26FN5O3/c1-4-22(35)34-15-12-28(34,2)11-8-17-16-30-13-9-18(17)24-25(23-20(32-24)10-14-31-27(23)36)33-21-7-5-6-19(29)26(21)37-3/h4-7,9,13,16,32-33H,1,10,12,14-15H2,2-3H3,(H,31,36). The zero-order valence-electron chi connectivity index (χ0n) is 20.6. The SMILES string of the molecule is C=CC(=O)N1CCC1(C)C#Cc1cnccc1-c1[nH]c2c(c1Nc1cccc(F)c1OC)C(=O)NCC2. The van der Waals surface area contributed by atoms with Gasteiger partial charge in [-0.3, -0.25) is 14.6 Å². The number of ether oxygens (including phenoxy) is 1. The van der Waals surface area contributed by atoms with Crippen LogP contribution in [0.2, 0.25) is 0 Å². The van der Waals surface area contributed by atoms with Crippen molar-refractivity contribution in [3.63, 3.8) is 0 Å². The molecule has 2 aromatic heterocycles. The van der Waals surface area contributed by atoms with Gasteiger partial charge in [0.05, 0.1) is 35.3 Å². The molecule has 1 atom stereocenters. The Labute approximate surface area is 213 Å². The number of methoxy groups -OCH3 is 1. The molecule has 1 fully saturated rings. The minimum atomic E-state index is -0.608. The minimum absolute atomic E-state index is 0.0410. The lowest BCUT2D eigenvalue weighted by Gasteiger charge is -2.46. The van der Waals surface area contributed by atoms with Crippen LogP contribution >= 0.6 is 0 Å². The normalized spacial score (nSPS) is 18.0. The quantitative estimate of drug-likeness (QED) is 0.367. The molecule has 37 heavy (non-hydrogen) atoms. The van der Waals surface area contributed by atoms with E-state index in [-0.39, 0.29) is 17.6 Å². The van der Waals surface area contributed by atoms with Gasteiger partial charge in [0.1, 0.15) is 5.54 Å². The van der Waals surface area contributed by atoms with E-state index in [2.05, 4.69) is 39.0 Å². The number of rotatable bonds is 5. The van der Waals surface area contributed by atoms with Crippen LogP contribution < -0.4 is 15.4 Å². The van der Waals surface area contributed by atoms with Crippen LogP contribution in [-0.2, 0) is 11.2 Å². The van der Waals surface area contributed by atoms with Crippen LogP contribution in [0.5, 0.6) is 5.75 Å². The number of benzene rings is 1. The number of anilines is 2. The van der Waals surface area contributed by atoms with Crippen LogP contribution in [0.4, 0.5) is 15.8 Å². The predicted molar refractivity (Wildman–Crippen MR) is 138 cm³/mol. The molecule has 188 valence electrons. The van der Waals surface area contributed by atoms with Gasteiger partial charge in [-0.05, 0) is 37.6 Å². The number of H-pyrrole nitrogens is 1. The number of para-hydroxylation sites is 1. The number of carbonyl (C=O) groups excluding carboxylic acids is 2. The first-order chi connectivity index (χ1) is 17.9. The number of hydrogen-bond acceptors (Lipinski definition) is 5. The summed E-state index contributed by atoms with van der Waals surface area (Å²) < 4.78 is 19.7. The smallest absolute Gasteiger partial charge is 0.255 e. The molecular formula is C28H26FN5O3. The largest absolute Gasteiger partial charge is 0.492 e. The molecule has 2 amide bonds. The molecule has 8 nitrogen and oxygen atoms in total. The van der Waals surface area contributed by atoms with E-state index in [1.165, 1.54) is 19.3 Å². The van der Waals surface area contributed by atoms with Gasteiger partial charge >= 0.3 is 0 Å². The van der Waals surface area contributed by atoms with Crippen molar-refractivity contribution in [1.29, 1.82) is 0 Å². The van der Waals surface area contributed by atoms with Gasteiger partial charge in [-0.15, -0.1) is 0 Å². The Kier molecular flexibility index (Phi) is 6.17. The van der Waals surface area contributed by atoms with E-state index in [9.17, 15) is 14.0 Å². The highest BCUT2D eigenvalue weighted by Gasteiger charge is 2.41. The third kappa shape index (κ3) is 4.20. The van der Waals surface area contributed by atoms with Crippen molar-refractivity contribution in [1.82, 2.24) is 20.2 Å². The summed E-state index contributed by atoms with van der Waals surface area (Å²) in [6, 6.07) is 6.37. The Bertz CT molecular complexity index is 1480. The second kappa shape index (κ2) is 9.47. The van der Waals surface area contributed by atoms with Crippen LogP contribution in [0, 0.1) is 17.7 Å². The minimum Gasteiger partial charge on any atom is -0.492 e. The van der Waals surface area contributed by atoms with E-state index in [4.69, 9.17) is 4.74 Å². The number of pyridine rings is 1. The van der Waals surface area contributed by atoms with Crippen LogP contribution in [-0.4, -0.2) is 52.4 Å². The first-order valence-electron chi connectivity index (χ1n) is 11.9. The predicted octanol–water partition coefficient (Wildman–Crippen LogP) is 3.78. The molecule has 3 aromatic rings. The maximum atomic E-state index is 14.4. The van der Waals surface area contributed by atoms with Gasteiger partial charge in [0, 0.05) is 43.2 Å². The van der Waals surface area contributed by atoms with Gasteiger partial charge in [0.15, 0.2) is 11.6 Å². The van der Waals surface area contributed by atoms with Crippen molar-refractivity contribution in [3.05, 3.63) is 72.0 Å². The van der Waals surface area contributed by atoms with E-state index < -0.39 is 11.4 Å². The first-order valence-corrected chi connectivity index (χ1v) is 11.9. The van der Waals surface area contributed by atoms with Gasteiger partial charge < -0.3 is 25.3 Å². The average Bonchev–Trinajstić information content (AvgIpc) is 3.26. The Hall–Kier alpha value is -4.58. The number of halogens is 1. The molecule has 1 aromatic carbocycles. The number of aromatic nitrogens is 2. The molecule has 1 saturated heterocycles. The van der Waals surface area contributed by atoms with Gasteiger partial charge in [0.2, 0.25) is 5.91 Å².